The molecule has 0 aromatic carbocycles. The molecule has 1 saturated heterocycles. The number of isothiocyanates is 1. The molecule has 0 atom stereocenters. The summed E-state index contributed by atoms with van der Waals surface area (Å²) in [7, 11) is 0. The van der Waals surface area contributed by atoms with Gasteiger partial charge in [0.25, 0.3) is 0 Å². The van der Waals surface area contributed by atoms with Crippen LogP contribution in [0.4, 0.5) is 11.5 Å². The molecule has 1 aliphatic rings. The van der Waals surface area contributed by atoms with Gasteiger partial charge >= 0.3 is 0 Å². The molecule has 0 N–H and O–H groups in total. The van der Waals surface area contributed by atoms with Crippen molar-refractivity contribution in [1.82, 2.24) is 4.98 Å². The summed E-state index contributed by atoms with van der Waals surface area (Å²) in [4.78, 5) is 10.4. The lowest BCUT2D eigenvalue weighted by atomic mass is 10.3. The van der Waals surface area contributed by atoms with E-state index in [-0.39, 0.29) is 0 Å². The number of morpholine rings is 1. The summed E-state index contributed by atoms with van der Waals surface area (Å²) in [5.74, 6) is 0.960. The highest BCUT2D eigenvalue weighted by Crippen LogP contribution is 2.16. The molecule has 0 saturated carbocycles. The van der Waals surface area contributed by atoms with Crippen LogP contribution in [0.2, 0.25) is 0 Å². The minimum absolute atomic E-state index is 0.738. The van der Waals surface area contributed by atoms with Gasteiger partial charge in [0.05, 0.1) is 30.3 Å². The highest BCUT2D eigenvalue weighted by Gasteiger charge is 2.11. The van der Waals surface area contributed by atoms with Crippen molar-refractivity contribution < 1.29 is 4.74 Å². The zero-order chi connectivity index (χ0) is 10.5. The summed E-state index contributed by atoms with van der Waals surface area (Å²) in [5, 5.41) is 2.32. The lowest BCUT2D eigenvalue weighted by molar-refractivity contribution is 0.122. The summed E-state index contributed by atoms with van der Waals surface area (Å²) in [6.45, 7) is 3.31. The number of hydrogen-bond donors (Lipinski definition) is 0. The van der Waals surface area contributed by atoms with Crippen molar-refractivity contribution in [3.63, 3.8) is 0 Å². The van der Waals surface area contributed by atoms with Gasteiger partial charge in [-0.3, -0.25) is 0 Å². The lowest BCUT2D eigenvalue weighted by Crippen LogP contribution is -2.36. The van der Waals surface area contributed by atoms with Crippen molar-refractivity contribution in [3.8, 4) is 0 Å². The van der Waals surface area contributed by atoms with Crippen LogP contribution in [0.3, 0.4) is 0 Å². The second-order valence-corrected chi connectivity index (χ2v) is 3.36. The highest BCUT2D eigenvalue weighted by atomic mass is 32.1. The Labute approximate surface area is 93.6 Å². The molecule has 15 heavy (non-hydrogen) atoms. The van der Waals surface area contributed by atoms with E-state index in [0.717, 1.165) is 37.8 Å². The molecule has 0 amide bonds. The maximum atomic E-state index is 5.27. The van der Waals surface area contributed by atoms with E-state index in [2.05, 4.69) is 32.3 Å². The van der Waals surface area contributed by atoms with E-state index >= 15 is 0 Å². The van der Waals surface area contributed by atoms with E-state index in [4.69, 9.17) is 4.74 Å². The van der Waals surface area contributed by atoms with Crippen molar-refractivity contribution in [1.29, 1.82) is 0 Å². The molecular formula is C10H11N3OS. The summed E-state index contributed by atoms with van der Waals surface area (Å²) < 4.78 is 5.27. The van der Waals surface area contributed by atoms with Gasteiger partial charge in [0.2, 0.25) is 0 Å². The van der Waals surface area contributed by atoms with Crippen molar-refractivity contribution in [2.24, 2.45) is 4.99 Å². The van der Waals surface area contributed by atoms with Gasteiger partial charge in [0.1, 0.15) is 5.82 Å². The number of aliphatic imine (C=N–C) groups is 1. The van der Waals surface area contributed by atoms with Crippen LogP contribution < -0.4 is 4.90 Å². The Balaban J connectivity index is 2.11. The highest BCUT2D eigenvalue weighted by molar-refractivity contribution is 7.78. The fourth-order valence-electron chi connectivity index (χ4n) is 1.48. The van der Waals surface area contributed by atoms with Gasteiger partial charge in [-0.15, -0.1) is 0 Å². The summed E-state index contributed by atoms with van der Waals surface area (Å²) in [6, 6.07) is 3.83. The Morgan fingerprint density at radius 2 is 2.20 bits per heavy atom. The number of ether oxygens (including phenoxy) is 1. The van der Waals surface area contributed by atoms with Gasteiger partial charge < -0.3 is 9.64 Å². The average molecular weight is 221 g/mol. The van der Waals surface area contributed by atoms with Crippen molar-refractivity contribution >= 4 is 28.9 Å². The Morgan fingerprint density at radius 3 is 2.80 bits per heavy atom. The first-order valence-corrected chi connectivity index (χ1v) is 5.17. The van der Waals surface area contributed by atoms with Crippen molar-refractivity contribution in [2.75, 3.05) is 31.2 Å². The summed E-state index contributed by atoms with van der Waals surface area (Å²) >= 11 is 4.52. The molecular weight excluding hydrogens is 210 g/mol. The van der Waals surface area contributed by atoms with Crippen LogP contribution in [0.1, 0.15) is 0 Å². The first-order valence-electron chi connectivity index (χ1n) is 4.77. The molecule has 0 spiro atoms. The molecule has 78 valence electrons. The molecule has 1 aromatic rings. The lowest BCUT2D eigenvalue weighted by Gasteiger charge is -2.27. The van der Waals surface area contributed by atoms with Crippen LogP contribution >= 0.6 is 12.2 Å². The minimum atomic E-state index is 0.738. The van der Waals surface area contributed by atoms with Gasteiger partial charge in [-0.1, -0.05) is 0 Å². The van der Waals surface area contributed by atoms with Gasteiger partial charge in [-0.05, 0) is 24.4 Å². The van der Waals surface area contributed by atoms with Crippen molar-refractivity contribution in [3.05, 3.63) is 18.3 Å². The molecule has 1 aliphatic heterocycles. The van der Waals surface area contributed by atoms with Crippen LogP contribution in [0.25, 0.3) is 0 Å². The van der Waals surface area contributed by atoms with Crippen LogP contribution in [0.15, 0.2) is 23.3 Å². The van der Waals surface area contributed by atoms with Crippen LogP contribution in [0, 0.1) is 0 Å². The number of rotatable bonds is 2. The van der Waals surface area contributed by atoms with Gasteiger partial charge in [-0.25, -0.2) is 4.98 Å². The van der Waals surface area contributed by atoms with Gasteiger partial charge in [-0.2, -0.15) is 4.99 Å². The van der Waals surface area contributed by atoms with Crippen LogP contribution in [-0.4, -0.2) is 36.4 Å². The summed E-state index contributed by atoms with van der Waals surface area (Å²) in [6.07, 6.45) is 1.70. The number of aromatic nitrogens is 1. The maximum Gasteiger partial charge on any atom is 0.128 e. The number of anilines is 1. The molecule has 4 nitrogen and oxygen atoms in total. The molecule has 1 aromatic heterocycles. The summed E-state index contributed by atoms with van der Waals surface area (Å²) in [5.41, 5.74) is 0.738. The quantitative estimate of drug-likeness (QED) is 0.562. The second-order valence-electron chi connectivity index (χ2n) is 3.18. The van der Waals surface area contributed by atoms with E-state index in [0.29, 0.717) is 0 Å². The molecule has 2 heterocycles. The third kappa shape index (κ3) is 2.59. The van der Waals surface area contributed by atoms with Crippen LogP contribution in [0.5, 0.6) is 0 Å². The number of pyridine rings is 1. The number of hydrogen-bond acceptors (Lipinski definition) is 5. The second kappa shape index (κ2) is 4.98. The Hall–Kier alpha value is -1.29. The largest absolute Gasteiger partial charge is 0.378 e. The standard InChI is InChI=1S/C10H11N3OS/c15-8-12-9-1-2-10(11-7-9)13-3-5-14-6-4-13/h1-2,7H,3-6H2. The van der Waals surface area contributed by atoms with E-state index in [1.54, 1.807) is 6.20 Å². The number of nitrogens with zero attached hydrogens (tertiary/aromatic N) is 3. The normalized spacial score (nSPS) is 15.9. The third-order valence-corrected chi connectivity index (χ3v) is 2.33. The average Bonchev–Trinajstić information content (AvgIpc) is 2.32. The predicted octanol–water partition coefficient (Wildman–Crippen LogP) is 1.65. The van der Waals surface area contributed by atoms with Crippen LogP contribution in [-0.2, 0) is 4.74 Å². The smallest absolute Gasteiger partial charge is 0.128 e. The van der Waals surface area contributed by atoms with E-state index in [9.17, 15) is 0 Å². The Bertz CT molecular complexity index is 367. The monoisotopic (exact) mass is 221 g/mol. The Kier molecular flexibility index (Phi) is 3.40. The third-order valence-electron chi connectivity index (χ3n) is 2.24. The number of thiocarbonyl (C=S) groups is 1. The molecule has 1 fully saturated rings. The molecule has 2 rings (SSSR count). The topological polar surface area (TPSA) is 37.7 Å². The van der Waals surface area contributed by atoms with Gasteiger partial charge in [0.15, 0.2) is 0 Å². The van der Waals surface area contributed by atoms with E-state index in [1.165, 1.54) is 0 Å². The SMILES string of the molecule is S=C=Nc1ccc(N2CCOCC2)nc1. The fraction of sp³-hybridized carbons (Fsp3) is 0.400. The Morgan fingerprint density at radius 1 is 1.40 bits per heavy atom. The van der Waals surface area contributed by atoms with Gasteiger partial charge in [0, 0.05) is 13.1 Å². The zero-order valence-corrected chi connectivity index (χ0v) is 9.04. The predicted molar refractivity (Wildman–Crippen MR) is 62.0 cm³/mol. The first kappa shape index (κ1) is 10.2. The minimum Gasteiger partial charge on any atom is -0.378 e. The van der Waals surface area contributed by atoms with E-state index in [1.807, 2.05) is 12.1 Å². The molecule has 5 heteroatoms. The van der Waals surface area contributed by atoms with Crippen molar-refractivity contribution in [2.45, 2.75) is 0 Å². The first-order chi connectivity index (χ1) is 7.40. The molecule has 0 radical (unpaired) electrons. The maximum absolute atomic E-state index is 5.27. The molecule has 0 unspecified atom stereocenters. The molecule has 0 aliphatic carbocycles. The fourth-order valence-corrected chi connectivity index (χ4v) is 1.58. The van der Waals surface area contributed by atoms with E-state index < -0.39 is 0 Å². The molecule has 0 bridgehead atoms. The zero-order valence-electron chi connectivity index (χ0n) is 8.22.